The third-order valence-corrected chi connectivity index (χ3v) is 5.78. The van der Waals surface area contributed by atoms with Gasteiger partial charge in [-0.15, -0.1) is 0 Å². The SMILES string of the molecule is O=C(CC1CCC1)NCCCCCCCCCCC1CCC1. The summed E-state index contributed by atoms with van der Waals surface area (Å²) in [6.07, 6.45) is 21.6. The van der Waals surface area contributed by atoms with Crippen molar-refractivity contribution in [1.29, 1.82) is 0 Å². The van der Waals surface area contributed by atoms with Crippen LogP contribution in [0.3, 0.4) is 0 Å². The van der Waals surface area contributed by atoms with Crippen molar-refractivity contribution in [2.75, 3.05) is 6.54 Å². The van der Waals surface area contributed by atoms with Gasteiger partial charge in [0.25, 0.3) is 0 Å². The van der Waals surface area contributed by atoms with E-state index in [4.69, 9.17) is 0 Å². The molecule has 2 saturated carbocycles. The Labute approximate surface area is 137 Å². The average molecular weight is 308 g/mol. The summed E-state index contributed by atoms with van der Waals surface area (Å²) in [5, 5.41) is 3.08. The molecule has 2 fully saturated rings. The molecule has 0 aromatic heterocycles. The molecule has 0 saturated heterocycles. The lowest BCUT2D eigenvalue weighted by Crippen LogP contribution is -2.28. The van der Waals surface area contributed by atoms with Crippen LogP contribution >= 0.6 is 0 Å². The lowest BCUT2D eigenvalue weighted by atomic mass is 9.81. The van der Waals surface area contributed by atoms with Gasteiger partial charge in [-0.1, -0.05) is 77.0 Å². The molecule has 2 nitrogen and oxygen atoms in total. The highest BCUT2D eigenvalue weighted by molar-refractivity contribution is 5.76. The van der Waals surface area contributed by atoms with Gasteiger partial charge in [-0.25, -0.2) is 0 Å². The molecular weight excluding hydrogens is 270 g/mol. The van der Waals surface area contributed by atoms with Crippen LogP contribution in [0.15, 0.2) is 0 Å². The maximum Gasteiger partial charge on any atom is 0.220 e. The van der Waals surface area contributed by atoms with E-state index in [0.717, 1.165) is 25.3 Å². The molecule has 0 unspecified atom stereocenters. The van der Waals surface area contributed by atoms with Gasteiger partial charge in [0, 0.05) is 13.0 Å². The van der Waals surface area contributed by atoms with Gasteiger partial charge in [-0.3, -0.25) is 4.79 Å². The molecule has 2 rings (SSSR count). The minimum absolute atomic E-state index is 0.288. The molecule has 0 aliphatic heterocycles. The van der Waals surface area contributed by atoms with E-state index in [1.54, 1.807) is 0 Å². The third-order valence-electron chi connectivity index (χ3n) is 5.78. The first-order valence-electron chi connectivity index (χ1n) is 10.1. The van der Waals surface area contributed by atoms with Gasteiger partial charge < -0.3 is 5.32 Å². The smallest absolute Gasteiger partial charge is 0.220 e. The molecule has 0 aromatic carbocycles. The number of nitrogens with one attached hydrogen (secondary N) is 1. The number of rotatable bonds is 13. The van der Waals surface area contributed by atoms with E-state index in [1.165, 1.54) is 89.9 Å². The summed E-state index contributed by atoms with van der Waals surface area (Å²) in [7, 11) is 0. The van der Waals surface area contributed by atoms with E-state index < -0.39 is 0 Å². The van der Waals surface area contributed by atoms with Crippen LogP contribution in [0.2, 0.25) is 0 Å². The van der Waals surface area contributed by atoms with E-state index in [2.05, 4.69) is 5.32 Å². The molecule has 22 heavy (non-hydrogen) atoms. The van der Waals surface area contributed by atoms with Gasteiger partial charge in [0.2, 0.25) is 5.91 Å². The summed E-state index contributed by atoms with van der Waals surface area (Å²) in [6, 6.07) is 0. The van der Waals surface area contributed by atoms with Crippen LogP contribution in [0.5, 0.6) is 0 Å². The minimum Gasteiger partial charge on any atom is -0.356 e. The highest BCUT2D eigenvalue weighted by atomic mass is 16.1. The van der Waals surface area contributed by atoms with Gasteiger partial charge in [0.15, 0.2) is 0 Å². The summed E-state index contributed by atoms with van der Waals surface area (Å²) < 4.78 is 0. The Balaban J connectivity index is 1.25. The van der Waals surface area contributed by atoms with Gasteiger partial charge in [0.1, 0.15) is 0 Å². The molecular formula is C20H37NO. The Kier molecular flexibility index (Phi) is 8.97. The second-order valence-electron chi connectivity index (χ2n) is 7.77. The molecule has 0 spiro atoms. The topological polar surface area (TPSA) is 29.1 Å². The molecule has 0 aromatic rings. The van der Waals surface area contributed by atoms with E-state index >= 15 is 0 Å². The molecule has 2 aliphatic rings. The van der Waals surface area contributed by atoms with Crippen molar-refractivity contribution in [2.45, 2.75) is 103 Å². The van der Waals surface area contributed by atoms with Crippen molar-refractivity contribution >= 4 is 5.91 Å². The fourth-order valence-electron chi connectivity index (χ4n) is 3.66. The van der Waals surface area contributed by atoms with Gasteiger partial charge in [-0.2, -0.15) is 0 Å². The largest absolute Gasteiger partial charge is 0.356 e. The molecule has 0 radical (unpaired) electrons. The van der Waals surface area contributed by atoms with Crippen LogP contribution in [-0.2, 0) is 4.79 Å². The molecule has 0 atom stereocenters. The van der Waals surface area contributed by atoms with Crippen LogP contribution in [0.25, 0.3) is 0 Å². The van der Waals surface area contributed by atoms with Gasteiger partial charge in [-0.05, 0) is 31.1 Å². The second-order valence-corrected chi connectivity index (χ2v) is 7.77. The molecule has 0 bridgehead atoms. The van der Waals surface area contributed by atoms with Gasteiger partial charge >= 0.3 is 0 Å². The Bertz CT molecular complexity index is 294. The summed E-state index contributed by atoms with van der Waals surface area (Å²) in [5.74, 6) is 2.08. The average Bonchev–Trinajstić information content (AvgIpc) is 2.42. The highest BCUT2D eigenvalue weighted by Crippen LogP contribution is 2.31. The normalized spacial score (nSPS) is 18.7. The standard InChI is InChI=1S/C20H37NO/c22-20(17-19-14-10-15-19)21-16-8-6-4-2-1-3-5-7-11-18-12-9-13-18/h18-19H,1-17H2,(H,21,22). The molecule has 1 amide bonds. The van der Waals surface area contributed by atoms with Crippen molar-refractivity contribution in [1.82, 2.24) is 5.32 Å². The zero-order chi connectivity index (χ0) is 15.5. The molecule has 128 valence electrons. The molecule has 2 heteroatoms. The maximum absolute atomic E-state index is 11.6. The monoisotopic (exact) mass is 307 g/mol. The van der Waals surface area contributed by atoms with Crippen molar-refractivity contribution in [3.05, 3.63) is 0 Å². The van der Waals surface area contributed by atoms with Crippen LogP contribution < -0.4 is 5.32 Å². The van der Waals surface area contributed by atoms with E-state index in [1.807, 2.05) is 0 Å². The Morgan fingerprint density at radius 2 is 1.27 bits per heavy atom. The first-order valence-corrected chi connectivity index (χ1v) is 10.1. The third kappa shape index (κ3) is 7.65. The highest BCUT2D eigenvalue weighted by Gasteiger charge is 2.20. The Hall–Kier alpha value is -0.530. The van der Waals surface area contributed by atoms with Crippen LogP contribution in [0.4, 0.5) is 0 Å². The van der Waals surface area contributed by atoms with Crippen LogP contribution in [-0.4, -0.2) is 12.5 Å². The maximum atomic E-state index is 11.6. The van der Waals surface area contributed by atoms with E-state index in [-0.39, 0.29) is 5.91 Å². The Morgan fingerprint density at radius 3 is 1.82 bits per heavy atom. The number of unbranched alkanes of at least 4 members (excludes halogenated alkanes) is 7. The second kappa shape index (κ2) is 11.1. The first kappa shape index (κ1) is 17.8. The summed E-state index contributed by atoms with van der Waals surface area (Å²) >= 11 is 0. The van der Waals surface area contributed by atoms with Crippen molar-refractivity contribution < 1.29 is 4.79 Å². The van der Waals surface area contributed by atoms with Gasteiger partial charge in [0.05, 0.1) is 0 Å². The minimum atomic E-state index is 0.288. The lowest BCUT2D eigenvalue weighted by Gasteiger charge is -2.24. The fourth-order valence-corrected chi connectivity index (χ4v) is 3.66. The summed E-state index contributed by atoms with van der Waals surface area (Å²) in [6.45, 7) is 0.896. The first-order chi connectivity index (χ1) is 10.8. The molecule has 2 aliphatic carbocycles. The zero-order valence-electron chi connectivity index (χ0n) is 14.6. The quantitative estimate of drug-likeness (QED) is 0.441. The molecule has 1 N–H and O–H groups in total. The molecule has 0 heterocycles. The van der Waals surface area contributed by atoms with Crippen LogP contribution in [0, 0.1) is 11.8 Å². The Morgan fingerprint density at radius 1 is 0.727 bits per heavy atom. The number of amides is 1. The van der Waals surface area contributed by atoms with Crippen molar-refractivity contribution in [3.8, 4) is 0 Å². The number of hydrogen-bond acceptors (Lipinski definition) is 1. The lowest BCUT2D eigenvalue weighted by molar-refractivity contribution is -0.122. The number of hydrogen-bond donors (Lipinski definition) is 1. The summed E-state index contributed by atoms with van der Waals surface area (Å²) in [4.78, 5) is 11.6. The zero-order valence-corrected chi connectivity index (χ0v) is 14.6. The van der Waals surface area contributed by atoms with Crippen molar-refractivity contribution in [3.63, 3.8) is 0 Å². The van der Waals surface area contributed by atoms with E-state index in [0.29, 0.717) is 5.92 Å². The predicted molar refractivity (Wildman–Crippen MR) is 93.9 cm³/mol. The number of carbonyl (C=O) groups is 1. The van der Waals surface area contributed by atoms with Crippen LogP contribution in [0.1, 0.15) is 103 Å². The number of carbonyl (C=O) groups excluding carboxylic acids is 1. The predicted octanol–water partition coefficient (Wildman–Crippen LogP) is 5.60. The summed E-state index contributed by atoms with van der Waals surface area (Å²) in [5.41, 5.74) is 0. The van der Waals surface area contributed by atoms with Crippen molar-refractivity contribution in [2.24, 2.45) is 11.8 Å². The fraction of sp³-hybridized carbons (Fsp3) is 0.950. The van der Waals surface area contributed by atoms with E-state index in [9.17, 15) is 4.79 Å².